The first-order chi connectivity index (χ1) is 9.41. The van der Waals surface area contributed by atoms with E-state index in [0.29, 0.717) is 19.3 Å². The van der Waals surface area contributed by atoms with Crippen LogP contribution in [0.1, 0.15) is 58.3 Å². The van der Waals surface area contributed by atoms with Crippen LogP contribution in [0.4, 0.5) is 13.2 Å². The van der Waals surface area contributed by atoms with E-state index in [1.807, 2.05) is 0 Å². The highest BCUT2D eigenvalue weighted by molar-refractivity contribution is 5.82. The molecule has 1 N–H and O–H groups in total. The Morgan fingerprint density at radius 2 is 1.75 bits per heavy atom. The fourth-order valence-electron chi connectivity index (χ4n) is 2.89. The topological polar surface area (TPSA) is 40.5 Å². The fraction of sp³-hybridized carbons (Fsp3) is 0.929. The molecular weight excluding hydrogens is 271 g/mol. The highest BCUT2D eigenvalue weighted by atomic mass is 19.4. The second kappa shape index (κ2) is 7.86. The van der Waals surface area contributed by atoms with Gasteiger partial charge in [-0.25, -0.2) is 0 Å². The van der Waals surface area contributed by atoms with Crippen molar-refractivity contribution in [3.05, 3.63) is 0 Å². The van der Waals surface area contributed by atoms with Crippen LogP contribution in [-0.2, 0) is 4.79 Å². The Morgan fingerprint density at radius 3 is 2.30 bits per heavy atom. The number of nitrogens with zero attached hydrogens (tertiary/aromatic N) is 1. The Kier molecular flexibility index (Phi) is 6.79. The first-order valence-corrected chi connectivity index (χ1v) is 7.42. The quantitative estimate of drug-likeness (QED) is 0.732. The molecule has 1 saturated heterocycles. The van der Waals surface area contributed by atoms with Gasteiger partial charge in [0.05, 0.1) is 12.6 Å². The second-order valence-corrected chi connectivity index (χ2v) is 5.48. The van der Waals surface area contributed by atoms with Crippen LogP contribution in [0.2, 0.25) is 0 Å². The maximum atomic E-state index is 12.6. The zero-order valence-corrected chi connectivity index (χ0v) is 12.0. The number of likely N-dealkylation sites (tertiary alicyclic amines) is 1. The highest BCUT2D eigenvalue weighted by Crippen LogP contribution is 2.32. The lowest BCUT2D eigenvalue weighted by Gasteiger charge is -2.30. The summed E-state index contributed by atoms with van der Waals surface area (Å²) >= 11 is 0. The Morgan fingerprint density at radius 1 is 1.15 bits per heavy atom. The van der Waals surface area contributed by atoms with Crippen molar-refractivity contribution in [3.63, 3.8) is 0 Å². The van der Waals surface area contributed by atoms with Gasteiger partial charge in [-0.05, 0) is 19.3 Å². The number of carbonyl (C=O) groups excluding carboxylic acids is 1. The number of aliphatic hydroxyl groups is 1. The number of alkyl halides is 3. The van der Waals surface area contributed by atoms with Gasteiger partial charge in [0, 0.05) is 6.04 Å². The molecule has 3 nitrogen and oxygen atoms in total. The van der Waals surface area contributed by atoms with E-state index in [0.717, 1.165) is 37.0 Å². The van der Waals surface area contributed by atoms with Crippen molar-refractivity contribution in [1.29, 1.82) is 0 Å². The van der Waals surface area contributed by atoms with Crippen LogP contribution in [0, 0.1) is 0 Å². The van der Waals surface area contributed by atoms with Crippen molar-refractivity contribution >= 4 is 5.91 Å². The summed E-state index contributed by atoms with van der Waals surface area (Å²) in [5, 5.41) is 9.15. The van der Waals surface area contributed by atoms with E-state index < -0.39 is 24.7 Å². The number of hydrogen-bond donors (Lipinski definition) is 1. The molecular formula is C14H24F3NO2. The molecule has 0 saturated carbocycles. The summed E-state index contributed by atoms with van der Waals surface area (Å²) in [5.74, 6) is -1.80. The number of rotatable bonds is 7. The third-order valence-corrected chi connectivity index (χ3v) is 3.95. The van der Waals surface area contributed by atoms with Crippen LogP contribution in [0.15, 0.2) is 0 Å². The summed E-state index contributed by atoms with van der Waals surface area (Å²) in [5.41, 5.74) is 0. The van der Waals surface area contributed by atoms with E-state index in [1.165, 1.54) is 0 Å². The fourth-order valence-corrected chi connectivity index (χ4v) is 2.89. The molecule has 0 radical (unpaired) electrons. The van der Waals surface area contributed by atoms with E-state index in [2.05, 4.69) is 6.92 Å². The number of aliphatic hydroxyl groups excluding tert-OH is 1. The number of amides is 1. The van der Waals surface area contributed by atoms with Gasteiger partial charge in [0.2, 0.25) is 0 Å². The van der Waals surface area contributed by atoms with Gasteiger partial charge in [-0.3, -0.25) is 4.79 Å². The lowest BCUT2D eigenvalue weighted by Crippen LogP contribution is -2.49. The molecule has 118 valence electrons. The van der Waals surface area contributed by atoms with Crippen LogP contribution in [0.3, 0.4) is 0 Å². The van der Waals surface area contributed by atoms with Crippen molar-refractivity contribution in [3.8, 4) is 0 Å². The molecule has 0 spiro atoms. The molecule has 20 heavy (non-hydrogen) atoms. The Balaban J connectivity index is 2.54. The smallest absolute Gasteiger partial charge is 0.394 e. The van der Waals surface area contributed by atoms with Gasteiger partial charge in [0.25, 0.3) is 0 Å². The molecule has 1 amide bonds. The molecule has 1 aliphatic heterocycles. The van der Waals surface area contributed by atoms with Gasteiger partial charge in [-0.1, -0.05) is 39.0 Å². The van der Waals surface area contributed by atoms with Crippen LogP contribution in [-0.4, -0.2) is 40.8 Å². The molecule has 0 aromatic heterocycles. The van der Waals surface area contributed by atoms with E-state index >= 15 is 0 Å². The first kappa shape index (κ1) is 17.3. The second-order valence-electron chi connectivity index (χ2n) is 5.48. The van der Waals surface area contributed by atoms with Crippen LogP contribution in [0.5, 0.6) is 0 Å². The summed E-state index contributed by atoms with van der Waals surface area (Å²) in [6, 6.07) is -1.05. The minimum atomic E-state index is -4.85. The van der Waals surface area contributed by atoms with Crippen molar-refractivity contribution in [2.24, 2.45) is 0 Å². The molecule has 1 fully saturated rings. The number of carbonyl (C=O) groups is 1. The van der Waals surface area contributed by atoms with E-state index in [1.54, 1.807) is 0 Å². The standard InChI is InChI=1S/C14H24F3NO2/c1-2-3-4-5-6-7-11-8-9-12(10-19)18(11)13(20)14(15,16)17/h11-12,19H,2-10H2,1H3/t11?,12-/m0/s1. The molecule has 1 unspecified atom stereocenters. The number of hydrogen-bond acceptors (Lipinski definition) is 2. The minimum Gasteiger partial charge on any atom is -0.394 e. The summed E-state index contributed by atoms with van der Waals surface area (Å²) in [7, 11) is 0. The molecule has 2 atom stereocenters. The summed E-state index contributed by atoms with van der Waals surface area (Å²) in [6.45, 7) is 1.71. The third kappa shape index (κ3) is 4.65. The molecule has 0 aliphatic carbocycles. The van der Waals surface area contributed by atoms with Gasteiger partial charge in [-0.15, -0.1) is 0 Å². The highest BCUT2D eigenvalue weighted by Gasteiger charge is 2.48. The maximum Gasteiger partial charge on any atom is 0.471 e. The SMILES string of the molecule is CCCCCCCC1CC[C@@H](CO)N1C(=O)C(F)(F)F. The zero-order valence-electron chi connectivity index (χ0n) is 12.0. The van der Waals surface area contributed by atoms with Crippen molar-refractivity contribution < 1.29 is 23.1 Å². The van der Waals surface area contributed by atoms with Gasteiger partial charge >= 0.3 is 12.1 Å². The molecule has 1 heterocycles. The molecule has 1 rings (SSSR count). The number of unbranched alkanes of at least 4 members (excludes halogenated alkanes) is 4. The largest absolute Gasteiger partial charge is 0.471 e. The predicted octanol–water partition coefficient (Wildman–Crippen LogP) is 3.26. The first-order valence-electron chi connectivity index (χ1n) is 7.42. The average molecular weight is 295 g/mol. The van der Waals surface area contributed by atoms with Crippen LogP contribution in [0.25, 0.3) is 0 Å². The average Bonchev–Trinajstić information content (AvgIpc) is 2.79. The van der Waals surface area contributed by atoms with Crippen LogP contribution >= 0.6 is 0 Å². The van der Waals surface area contributed by atoms with E-state index in [9.17, 15) is 18.0 Å². The van der Waals surface area contributed by atoms with Gasteiger partial charge < -0.3 is 10.0 Å². The van der Waals surface area contributed by atoms with Crippen molar-refractivity contribution in [1.82, 2.24) is 4.90 Å². The zero-order chi connectivity index (χ0) is 15.2. The third-order valence-electron chi connectivity index (χ3n) is 3.95. The van der Waals surface area contributed by atoms with Gasteiger partial charge in [-0.2, -0.15) is 13.2 Å². The predicted molar refractivity (Wildman–Crippen MR) is 70.2 cm³/mol. The van der Waals surface area contributed by atoms with Crippen molar-refractivity contribution in [2.75, 3.05) is 6.61 Å². The van der Waals surface area contributed by atoms with E-state index in [4.69, 9.17) is 5.11 Å². The lowest BCUT2D eigenvalue weighted by atomic mass is 10.0. The molecule has 0 aromatic carbocycles. The monoisotopic (exact) mass is 295 g/mol. The molecule has 0 bridgehead atoms. The van der Waals surface area contributed by atoms with E-state index in [-0.39, 0.29) is 6.04 Å². The van der Waals surface area contributed by atoms with Crippen LogP contribution < -0.4 is 0 Å². The summed E-state index contributed by atoms with van der Waals surface area (Å²) in [6.07, 6.45) is 1.93. The molecule has 1 aliphatic rings. The maximum absolute atomic E-state index is 12.6. The minimum absolute atomic E-state index is 0.372. The summed E-state index contributed by atoms with van der Waals surface area (Å²) in [4.78, 5) is 12.3. The van der Waals surface area contributed by atoms with Gasteiger partial charge in [0.1, 0.15) is 0 Å². The Bertz CT molecular complexity index is 307. The normalized spacial score (nSPS) is 23.4. The Labute approximate surface area is 118 Å². The van der Waals surface area contributed by atoms with Crippen molar-refractivity contribution in [2.45, 2.75) is 76.6 Å². The van der Waals surface area contributed by atoms with Gasteiger partial charge in [0.15, 0.2) is 0 Å². The summed E-state index contributed by atoms with van der Waals surface area (Å²) < 4.78 is 37.8. The number of halogens is 3. The Hall–Kier alpha value is -0.780. The molecule has 6 heteroatoms. The molecule has 0 aromatic rings. The lowest BCUT2D eigenvalue weighted by molar-refractivity contribution is -0.189.